The Labute approximate surface area is 188 Å². The fraction of sp³-hybridized carbons (Fsp3) is 0.375. The fourth-order valence-electron chi connectivity index (χ4n) is 3.57. The summed E-state index contributed by atoms with van der Waals surface area (Å²) >= 11 is 0. The van der Waals surface area contributed by atoms with Crippen molar-refractivity contribution in [2.75, 3.05) is 30.3 Å². The van der Waals surface area contributed by atoms with Crippen LogP contribution in [0.25, 0.3) is 0 Å². The predicted octanol–water partition coefficient (Wildman–Crippen LogP) is 3.77. The summed E-state index contributed by atoms with van der Waals surface area (Å²) in [4.78, 5) is 36.4. The molecule has 1 saturated carbocycles. The molecule has 4 amide bonds. The van der Waals surface area contributed by atoms with Gasteiger partial charge in [0.2, 0.25) is 5.91 Å². The zero-order valence-corrected chi connectivity index (χ0v) is 18.3. The molecule has 0 aliphatic heterocycles. The summed E-state index contributed by atoms with van der Waals surface area (Å²) in [6, 6.07) is 13.5. The van der Waals surface area contributed by atoms with Gasteiger partial charge in [-0.3, -0.25) is 9.59 Å². The predicted molar refractivity (Wildman–Crippen MR) is 124 cm³/mol. The molecular weight excluding hydrogens is 408 g/mol. The maximum atomic E-state index is 12.3. The number of urea groups is 1. The summed E-state index contributed by atoms with van der Waals surface area (Å²) in [5, 5.41) is 11.1. The van der Waals surface area contributed by atoms with Crippen molar-refractivity contribution >= 4 is 29.2 Å². The zero-order valence-electron chi connectivity index (χ0n) is 18.3. The van der Waals surface area contributed by atoms with Gasteiger partial charge in [-0.1, -0.05) is 12.8 Å². The zero-order chi connectivity index (χ0) is 22.8. The summed E-state index contributed by atoms with van der Waals surface area (Å²) in [5.41, 5.74) is 1.82. The third-order valence-corrected chi connectivity index (χ3v) is 5.26. The average Bonchev–Trinajstić information content (AvgIpc) is 3.34. The van der Waals surface area contributed by atoms with Crippen LogP contribution in [-0.2, 0) is 4.79 Å². The van der Waals surface area contributed by atoms with Gasteiger partial charge in [0.05, 0.1) is 6.61 Å². The van der Waals surface area contributed by atoms with Crippen molar-refractivity contribution in [3.05, 3.63) is 54.1 Å². The number of benzene rings is 2. The highest BCUT2D eigenvalue weighted by atomic mass is 16.5. The number of rotatable bonds is 9. The van der Waals surface area contributed by atoms with Crippen LogP contribution in [-0.4, -0.2) is 37.5 Å². The normalized spacial score (nSPS) is 13.3. The largest absolute Gasteiger partial charge is 0.494 e. The summed E-state index contributed by atoms with van der Waals surface area (Å²) in [5.74, 6) is 0.643. The van der Waals surface area contributed by atoms with E-state index in [2.05, 4.69) is 21.3 Å². The molecule has 1 aliphatic rings. The van der Waals surface area contributed by atoms with Crippen molar-refractivity contribution in [2.24, 2.45) is 5.92 Å². The Morgan fingerprint density at radius 1 is 0.844 bits per heavy atom. The average molecular weight is 439 g/mol. The lowest BCUT2D eigenvalue weighted by Gasteiger charge is -2.11. The molecule has 8 nitrogen and oxygen atoms in total. The quantitative estimate of drug-likeness (QED) is 0.447. The molecular formula is C24H30N4O4. The highest BCUT2D eigenvalue weighted by Gasteiger charge is 2.22. The number of carbonyl (C=O) groups is 3. The fourth-order valence-corrected chi connectivity index (χ4v) is 3.57. The van der Waals surface area contributed by atoms with E-state index in [1.165, 1.54) is 0 Å². The van der Waals surface area contributed by atoms with Crippen LogP contribution in [0.4, 0.5) is 16.2 Å². The maximum absolute atomic E-state index is 12.3. The van der Waals surface area contributed by atoms with Gasteiger partial charge in [0, 0.05) is 35.9 Å². The molecule has 3 rings (SSSR count). The van der Waals surface area contributed by atoms with E-state index in [1.54, 1.807) is 48.5 Å². The van der Waals surface area contributed by atoms with Crippen molar-refractivity contribution in [3.63, 3.8) is 0 Å². The van der Waals surface area contributed by atoms with Crippen LogP contribution in [0.2, 0.25) is 0 Å². The second-order valence-corrected chi connectivity index (χ2v) is 7.64. The number of hydrogen-bond donors (Lipinski definition) is 4. The third kappa shape index (κ3) is 7.01. The molecule has 32 heavy (non-hydrogen) atoms. The van der Waals surface area contributed by atoms with Gasteiger partial charge in [0.15, 0.2) is 0 Å². The molecule has 0 bridgehead atoms. The summed E-state index contributed by atoms with van der Waals surface area (Å²) in [6.07, 6.45) is 4.10. The molecule has 170 valence electrons. The van der Waals surface area contributed by atoms with E-state index in [0.29, 0.717) is 23.5 Å². The van der Waals surface area contributed by atoms with Crippen LogP contribution in [0.15, 0.2) is 48.5 Å². The van der Waals surface area contributed by atoms with E-state index in [0.717, 1.165) is 31.4 Å². The van der Waals surface area contributed by atoms with Crippen molar-refractivity contribution in [1.29, 1.82) is 0 Å². The Morgan fingerprint density at radius 2 is 1.44 bits per heavy atom. The van der Waals surface area contributed by atoms with E-state index in [1.807, 2.05) is 6.92 Å². The van der Waals surface area contributed by atoms with Crippen LogP contribution in [0, 0.1) is 5.92 Å². The van der Waals surface area contributed by atoms with Crippen LogP contribution in [0.5, 0.6) is 5.75 Å². The molecule has 0 spiro atoms. The first kappa shape index (κ1) is 23.1. The summed E-state index contributed by atoms with van der Waals surface area (Å²) in [6.45, 7) is 3.06. The second kappa shape index (κ2) is 11.7. The minimum Gasteiger partial charge on any atom is -0.494 e. The van der Waals surface area contributed by atoms with E-state index in [-0.39, 0.29) is 36.9 Å². The highest BCUT2D eigenvalue weighted by Crippen LogP contribution is 2.26. The number of anilines is 2. The molecule has 8 heteroatoms. The van der Waals surface area contributed by atoms with Gasteiger partial charge in [-0.05, 0) is 68.3 Å². The Morgan fingerprint density at radius 3 is 2.09 bits per heavy atom. The van der Waals surface area contributed by atoms with Crippen LogP contribution >= 0.6 is 0 Å². The first-order valence-corrected chi connectivity index (χ1v) is 11.0. The van der Waals surface area contributed by atoms with Crippen molar-refractivity contribution in [3.8, 4) is 5.75 Å². The second-order valence-electron chi connectivity index (χ2n) is 7.64. The standard InChI is InChI=1S/C24H30N4O4/c1-2-32-21-13-11-20(12-14-21)28-24(31)26-16-15-25-22(29)18-7-9-19(10-8-18)27-23(30)17-5-3-4-6-17/h7-14,17H,2-6,15-16H2,1H3,(H,25,29)(H,27,30)(H2,26,28,31). The van der Waals surface area contributed by atoms with Crippen LogP contribution in [0.3, 0.4) is 0 Å². The number of amides is 4. The van der Waals surface area contributed by atoms with Crippen LogP contribution < -0.4 is 26.0 Å². The first-order valence-electron chi connectivity index (χ1n) is 11.0. The minimum atomic E-state index is -0.356. The number of nitrogens with one attached hydrogen (secondary N) is 4. The number of ether oxygens (including phenoxy) is 1. The first-order chi connectivity index (χ1) is 15.5. The summed E-state index contributed by atoms with van der Waals surface area (Å²) < 4.78 is 5.36. The Bertz CT molecular complexity index is 907. The molecule has 1 aliphatic carbocycles. The van der Waals surface area contributed by atoms with Gasteiger partial charge in [-0.25, -0.2) is 4.79 Å². The molecule has 1 fully saturated rings. The van der Waals surface area contributed by atoms with Crippen LogP contribution in [0.1, 0.15) is 43.0 Å². The molecule has 2 aromatic rings. The number of hydrogen-bond acceptors (Lipinski definition) is 4. The molecule has 2 aromatic carbocycles. The molecule has 0 heterocycles. The smallest absolute Gasteiger partial charge is 0.319 e. The number of carbonyl (C=O) groups excluding carboxylic acids is 3. The van der Waals surface area contributed by atoms with Gasteiger partial charge in [-0.15, -0.1) is 0 Å². The summed E-state index contributed by atoms with van der Waals surface area (Å²) in [7, 11) is 0. The van der Waals surface area contributed by atoms with Crippen molar-refractivity contribution in [2.45, 2.75) is 32.6 Å². The van der Waals surface area contributed by atoms with E-state index >= 15 is 0 Å². The SMILES string of the molecule is CCOc1ccc(NC(=O)NCCNC(=O)c2ccc(NC(=O)C3CCCC3)cc2)cc1. The van der Waals surface area contributed by atoms with Gasteiger partial charge in [0.1, 0.15) is 5.75 Å². The molecule has 0 saturated heterocycles. The maximum Gasteiger partial charge on any atom is 0.319 e. The third-order valence-electron chi connectivity index (χ3n) is 5.26. The van der Waals surface area contributed by atoms with E-state index < -0.39 is 0 Å². The van der Waals surface area contributed by atoms with Gasteiger partial charge >= 0.3 is 6.03 Å². The Hall–Kier alpha value is -3.55. The van der Waals surface area contributed by atoms with Gasteiger partial charge in [-0.2, -0.15) is 0 Å². The molecule has 0 unspecified atom stereocenters. The lowest BCUT2D eigenvalue weighted by atomic mass is 10.1. The Kier molecular flexibility index (Phi) is 8.48. The minimum absolute atomic E-state index is 0.0503. The molecule has 0 radical (unpaired) electrons. The monoisotopic (exact) mass is 438 g/mol. The van der Waals surface area contributed by atoms with Gasteiger partial charge < -0.3 is 26.0 Å². The van der Waals surface area contributed by atoms with Crippen molar-refractivity contribution < 1.29 is 19.1 Å². The Balaban J connectivity index is 1.35. The topological polar surface area (TPSA) is 109 Å². The molecule has 0 aromatic heterocycles. The van der Waals surface area contributed by atoms with Crippen molar-refractivity contribution in [1.82, 2.24) is 10.6 Å². The van der Waals surface area contributed by atoms with E-state index in [9.17, 15) is 14.4 Å². The molecule has 0 atom stereocenters. The van der Waals surface area contributed by atoms with E-state index in [4.69, 9.17) is 4.74 Å². The molecule has 4 N–H and O–H groups in total. The highest BCUT2D eigenvalue weighted by molar-refractivity contribution is 5.96. The van der Waals surface area contributed by atoms with Gasteiger partial charge in [0.25, 0.3) is 5.91 Å². The lowest BCUT2D eigenvalue weighted by molar-refractivity contribution is -0.119. The lowest BCUT2D eigenvalue weighted by Crippen LogP contribution is -2.36.